The molecule has 1 aromatic carbocycles. The Bertz CT molecular complexity index is 485. The Morgan fingerprint density at radius 3 is 2.73 bits per heavy atom. The first-order valence-corrected chi connectivity index (χ1v) is 8.82. The van der Waals surface area contributed by atoms with Crippen LogP contribution in [0, 0.1) is 5.92 Å². The number of fused-ring (bicyclic) bond motifs is 1. The number of benzene rings is 1. The van der Waals surface area contributed by atoms with Crippen LogP contribution < -0.4 is 5.32 Å². The van der Waals surface area contributed by atoms with Crippen LogP contribution in [-0.4, -0.2) is 29.9 Å². The lowest BCUT2D eigenvalue weighted by atomic mass is 9.78. The number of hydrogen-bond donors (Lipinski definition) is 1. The van der Waals surface area contributed by atoms with E-state index in [1.54, 1.807) is 0 Å². The molecule has 1 saturated heterocycles. The van der Waals surface area contributed by atoms with Gasteiger partial charge in [0.2, 0.25) is 5.91 Å². The van der Waals surface area contributed by atoms with Crippen molar-refractivity contribution < 1.29 is 4.79 Å². The first-order chi connectivity index (χ1) is 10.7. The summed E-state index contributed by atoms with van der Waals surface area (Å²) in [5, 5.41) is 3.16. The monoisotopic (exact) mass is 300 g/mol. The van der Waals surface area contributed by atoms with Gasteiger partial charge in [-0.05, 0) is 50.6 Å². The van der Waals surface area contributed by atoms with Gasteiger partial charge in [-0.25, -0.2) is 0 Å². The Labute approximate surface area is 134 Å². The summed E-state index contributed by atoms with van der Waals surface area (Å²) in [5.74, 6) is 1.00. The van der Waals surface area contributed by atoms with E-state index in [2.05, 4.69) is 29.3 Å². The molecule has 1 N–H and O–H groups in total. The molecule has 2 fully saturated rings. The molecule has 1 amide bonds. The topological polar surface area (TPSA) is 32.3 Å². The van der Waals surface area contributed by atoms with Crippen molar-refractivity contribution in [3.05, 3.63) is 35.9 Å². The maximum Gasteiger partial charge on any atom is 0.234 e. The molecule has 0 spiro atoms. The third-order valence-corrected chi connectivity index (χ3v) is 5.38. The molecule has 1 saturated carbocycles. The lowest BCUT2D eigenvalue weighted by molar-refractivity contribution is -0.124. The van der Waals surface area contributed by atoms with Crippen LogP contribution in [0.3, 0.4) is 0 Å². The summed E-state index contributed by atoms with van der Waals surface area (Å²) in [6.07, 6.45) is 7.98. The van der Waals surface area contributed by atoms with E-state index in [9.17, 15) is 4.79 Å². The summed E-state index contributed by atoms with van der Waals surface area (Å²) < 4.78 is 0. The summed E-state index contributed by atoms with van der Waals surface area (Å²) >= 11 is 0. The van der Waals surface area contributed by atoms with Crippen LogP contribution in [0.15, 0.2) is 30.3 Å². The number of likely N-dealkylation sites (tertiary alicyclic amines) is 1. The average molecular weight is 300 g/mol. The first kappa shape index (κ1) is 15.5. The molecule has 0 radical (unpaired) electrons. The predicted molar refractivity (Wildman–Crippen MR) is 89.6 cm³/mol. The summed E-state index contributed by atoms with van der Waals surface area (Å²) in [7, 11) is 0. The molecular weight excluding hydrogens is 272 g/mol. The fourth-order valence-corrected chi connectivity index (χ4v) is 4.22. The van der Waals surface area contributed by atoms with Crippen LogP contribution in [0.4, 0.5) is 0 Å². The van der Waals surface area contributed by atoms with Gasteiger partial charge in [0.25, 0.3) is 0 Å². The molecule has 120 valence electrons. The Morgan fingerprint density at radius 2 is 1.91 bits per heavy atom. The Balaban J connectivity index is 1.54. The zero-order chi connectivity index (χ0) is 15.4. The number of nitrogens with zero attached hydrogens (tertiary/aromatic N) is 1. The number of carbonyl (C=O) groups excluding carboxylic acids is 1. The highest BCUT2D eigenvalue weighted by Crippen LogP contribution is 2.34. The largest absolute Gasteiger partial charge is 0.348 e. The molecule has 1 aromatic rings. The standard InChI is InChI=1S/C19H28N2O/c1-15(16-8-3-2-4-9-16)20-19(22)14-21-13-7-11-17-10-5-6-12-18(17)21/h2-4,8-9,15,17-18H,5-7,10-14H2,1H3,(H,20,22)/t15-,17+,18-/m0/s1. The van der Waals surface area contributed by atoms with E-state index < -0.39 is 0 Å². The second-order valence-electron chi connectivity index (χ2n) is 6.92. The van der Waals surface area contributed by atoms with Crippen molar-refractivity contribution in [3.8, 4) is 0 Å². The normalized spacial score (nSPS) is 27.0. The van der Waals surface area contributed by atoms with Crippen molar-refractivity contribution in [2.45, 2.75) is 57.5 Å². The molecular formula is C19H28N2O. The van der Waals surface area contributed by atoms with Gasteiger partial charge >= 0.3 is 0 Å². The fourth-order valence-electron chi connectivity index (χ4n) is 4.22. The second kappa shape index (κ2) is 7.28. The number of nitrogens with one attached hydrogen (secondary N) is 1. The van der Waals surface area contributed by atoms with E-state index in [1.807, 2.05) is 18.2 Å². The minimum Gasteiger partial charge on any atom is -0.348 e. The van der Waals surface area contributed by atoms with Crippen molar-refractivity contribution in [1.29, 1.82) is 0 Å². The van der Waals surface area contributed by atoms with E-state index in [0.717, 1.165) is 12.5 Å². The van der Waals surface area contributed by atoms with Crippen molar-refractivity contribution in [3.63, 3.8) is 0 Å². The molecule has 1 heterocycles. The lowest BCUT2D eigenvalue weighted by Gasteiger charge is -2.43. The van der Waals surface area contributed by atoms with Gasteiger partial charge in [-0.2, -0.15) is 0 Å². The molecule has 3 heteroatoms. The Morgan fingerprint density at radius 1 is 1.18 bits per heavy atom. The highest BCUT2D eigenvalue weighted by atomic mass is 16.2. The van der Waals surface area contributed by atoms with Crippen LogP contribution in [-0.2, 0) is 4.79 Å². The Kier molecular flexibility index (Phi) is 5.14. The molecule has 0 bridgehead atoms. The van der Waals surface area contributed by atoms with Crippen molar-refractivity contribution in [2.75, 3.05) is 13.1 Å². The van der Waals surface area contributed by atoms with Gasteiger partial charge in [0.05, 0.1) is 12.6 Å². The van der Waals surface area contributed by atoms with Crippen LogP contribution in [0.2, 0.25) is 0 Å². The zero-order valence-electron chi connectivity index (χ0n) is 13.6. The smallest absolute Gasteiger partial charge is 0.234 e. The summed E-state index contributed by atoms with van der Waals surface area (Å²) in [6.45, 7) is 3.72. The minimum absolute atomic E-state index is 0.0839. The van der Waals surface area contributed by atoms with Crippen LogP contribution in [0.5, 0.6) is 0 Å². The number of rotatable bonds is 4. The number of piperidine rings is 1. The molecule has 2 aliphatic rings. The van der Waals surface area contributed by atoms with Crippen molar-refractivity contribution in [1.82, 2.24) is 10.2 Å². The zero-order valence-corrected chi connectivity index (χ0v) is 13.6. The van der Waals surface area contributed by atoms with Crippen LogP contribution >= 0.6 is 0 Å². The Hall–Kier alpha value is -1.35. The highest BCUT2D eigenvalue weighted by Gasteiger charge is 2.33. The van der Waals surface area contributed by atoms with Crippen LogP contribution in [0.1, 0.15) is 57.1 Å². The van der Waals surface area contributed by atoms with Gasteiger partial charge in [-0.3, -0.25) is 9.69 Å². The van der Waals surface area contributed by atoms with Gasteiger partial charge in [0.15, 0.2) is 0 Å². The number of carbonyl (C=O) groups is 1. The molecule has 1 aliphatic carbocycles. The van der Waals surface area contributed by atoms with Gasteiger partial charge in [0.1, 0.15) is 0 Å². The quantitative estimate of drug-likeness (QED) is 0.923. The van der Waals surface area contributed by atoms with Crippen LogP contribution in [0.25, 0.3) is 0 Å². The molecule has 0 aromatic heterocycles. The van der Waals surface area contributed by atoms with Crippen molar-refractivity contribution >= 4 is 5.91 Å². The maximum atomic E-state index is 12.4. The third kappa shape index (κ3) is 3.70. The highest BCUT2D eigenvalue weighted by molar-refractivity contribution is 5.78. The summed E-state index contributed by atoms with van der Waals surface area (Å²) in [6, 6.07) is 10.9. The lowest BCUT2D eigenvalue weighted by Crippen LogP contribution is -2.50. The van der Waals surface area contributed by atoms with E-state index in [4.69, 9.17) is 0 Å². The first-order valence-electron chi connectivity index (χ1n) is 8.82. The van der Waals surface area contributed by atoms with Gasteiger partial charge in [-0.1, -0.05) is 43.2 Å². The van der Waals surface area contributed by atoms with E-state index in [-0.39, 0.29) is 11.9 Å². The number of hydrogen-bond acceptors (Lipinski definition) is 2. The van der Waals surface area contributed by atoms with Gasteiger partial charge < -0.3 is 5.32 Å². The van der Waals surface area contributed by atoms with Gasteiger partial charge in [-0.15, -0.1) is 0 Å². The molecule has 0 unspecified atom stereocenters. The van der Waals surface area contributed by atoms with E-state index in [0.29, 0.717) is 12.6 Å². The summed E-state index contributed by atoms with van der Waals surface area (Å²) in [5.41, 5.74) is 1.17. The van der Waals surface area contributed by atoms with E-state index >= 15 is 0 Å². The SMILES string of the molecule is C[C@H](NC(=O)CN1CCC[C@H]2CCCC[C@@H]21)c1ccccc1. The molecule has 3 atom stereocenters. The third-order valence-electron chi connectivity index (χ3n) is 5.38. The predicted octanol–water partition coefficient (Wildman–Crippen LogP) is 3.52. The van der Waals surface area contributed by atoms with Gasteiger partial charge in [0, 0.05) is 6.04 Å². The molecule has 3 nitrogen and oxygen atoms in total. The molecule has 3 rings (SSSR count). The molecule has 22 heavy (non-hydrogen) atoms. The van der Waals surface area contributed by atoms with Crippen molar-refractivity contribution in [2.24, 2.45) is 5.92 Å². The molecule has 1 aliphatic heterocycles. The summed E-state index contributed by atoms with van der Waals surface area (Å²) in [4.78, 5) is 14.9. The second-order valence-corrected chi connectivity index (χ2v) is 6.92. The minimum atomic E-state index is 0.0839. The number of amides is 1. The fraction of sp³-hybridized carbons (Fsp3) is 0.632. The average Bonchev–Trinajstić information content (AvgIpc) is 2.56. The maximum absolute atomic E-state index is 12.4. The van der Waals surface area contributed by atoms with E-state index in [1.165, 1.54) is 44.1 Å².